The Morgan fingerprint density at radius 3 is 0.956 bits per heavy atom. The molecule has 0 amide bonds. The highest BCUT2D eigenvalue weighted by Crippen LogP contribution is 2.12. The Labute approximate surface area is 268 Å². The fourth-order valence-electron chi connectivity index (χ4n) is 3.82. The van der Waals surface area contributed by atoms with Gasteiger partial charge in [0.05, 0.1) is 19.8 Å². The second kappa shape index (κ2) is 24.4. The Balaban J connectivity index is 2.45. The third-order valence-corrected chi connectivity index (χ3v) is 6.44. The van der Waals surface area contributed by atoms with Crippen LogP contribution in [0, 0.1) is 0 Å². The third-order valence-electron chi connectivity index (χ3n) is 6.44. The van der Waals surface area contributed by atoms with Crippen molar-refractivity contribution in [2.24, 2.45) is 0 Å². The van der Waals surface area contributed by atoms with Crippen LogP contribution in [0.15, 0.2) is 36.5 Å². The molecular formula is C33H54N6O6. The topological polar surface area (TPSA) is 154 Å². The molecule has 45 heavy (non-hydrogen) atoms. The lowest BCUT2D eigenvalue weighted by molar-refractivity contribution is -0.139. The number of esters is 3. The van der Waals surface area contributed by atoms with E-state index in [1.807, 2.05) is 0 Å². The lowest BCUT2D eigenvalue weighted by Gasteiger charge is -2.12. The van der Waals surface area contributed by atoms with Crippen LogP contribution in [0.2, 0.25) is 0 Å². The molecule has 0 saturated carbocycles. The molecule has 1 rings (SSSR count). The lowest BCUT2D eigenvalue weighted by Crippen LogP contribution is -2.14. The summed E-state index contributed by atoms with van der Waals surface area (Å²) in [6.45, 7) is 19.0. The minimum absolute atomic E-state index is 0.344. The molecule has 0 saturated heterocycles. The molecule has 1 heterocycles. The highest BCUT2D eigenvalue weighted by atomic mass is 16.5. The summed E-state index contributed by atoms with van der Waals surface area (Å²) in [5, 5.41) is 9.90. The maximum Gasteiger partial charge on any atom is 0.333 e. The van der Waals surface area contributed by atoms with Gasteiger partial charge in [-0.3, -0.25) is 0 Å². The minimum atomic E-state index is -0.344. The van der Waals surface area contributed by atoms with Gasteiger partial charge >= 0.3 is 17.9 Å². The summed E-state index contributed by atoms with van der Waals surface area (Å²) in [6, 6.07) is 0. The average molecular weight is 631 g/mol. The zero-order valence-corrected chi connectivity index (χ0v) is 27.6. The molecule has 0 atom stereocenters. The largest absolute Gasteiger partial charge is 0.462 e. The van der Waals surface area contributed by atoms with E-state index in [0.717, 1.165) is 77.0 Å². The summed E-state index contributed by atoms with van der Waals surface area (Å²) in [6.07, 6.45) is 11.0. The number of hydrogen-bond acceptors (Lipinski definition) is 12. The number of aromatic nitrogens is 3. The SMILES string of the molecule is C=C(C)C(=O)OCCCCCCNc1nc(NCCCCCCOC(=O)C(=C)C)nc(NCCCCCCOC(=O)C(=C)C)n1. The molecule has 0 bridgehead atoms. The van der Waals surface area contributed by atoms with E-state index in [9.17, 15) is 14.4 Å². The molecule has 0 unspecified atom stereocenters. The number of hydrogen-bond donors (Lipinski definition) is 3. The molecule has 12 nitrogen and oxygen atoms in total. The monoisotopic (exact) mass is 630 g/mol. The summed E-state index contributed by atoms with van der Waals surface area (Å²) < 4.78 is 15.4. The normalized spacial score (nSPS) is 10.5. The van der Waals surface area contributed by atoms with Crippen molar-refractivity contribution < 1.29 is 28.6 Å². The van der Waals surface area contributed by atoms with Crippen LogP contribution in [0.3, 0.4) is 0 Å². The Morgan fingerprint density at radius 2 is 0.711 bits per heavy atom. The van der Waals surface area contributed by atoms with Gasteiger partial charge in [-0.1, -0.05) is 39.0 Å². The number of rotatable bonds is 27. The molecule has 1 aromatic rings. The summed E-state index contributed by atoms with van der Waals surface area (Å²) in [5.74, 6) is 0.479. The molecule has 0 fully saturated rings. The number of nitrogens with zero attached hydrogens (tertiary/aromatic N) is 3. The highest BCUT2D eigenvalue weighted by molar-refractivity contribution is 5.87. The van der Waals surface area contributed by atoms with E-state index in [-0.39, 0.29) is 17.9 Å². The van der Waals surface area contributed by atoms with Crippen LogP contribution in [0.5, 0.6) is 0 Å². The Hall–Kier alpha value is -3.96. The Bertz CT molecular complexity index is 948. The third kappa shape index (κ3) is 20.6. The molecule has 1 aromatic heterocycles. The molecule has 0 aliphatic carbocycles. The first kappa shape index (κ1) is 39.1. The number of nitrogens with one attached hydrogen (secondary N) is 3. The predicted molar refractivity (Wildman–Crippen MR) is 178 cm³/mol. The quantitative estimate of drug-likeness (QED) is 0.0442. The summed E-state index contributed by atoms with van der Waals surface area (Å²) >= 11 is 0. The molecule has 0 aromatic carbocycles. The first-order valence-electron chi connectivity index (χ1n) is 16.1. The molecule has 252 valence electrons. The first-order valence-corrected chi connectivity index (χ1v) is 16.1. The Kier molecular flexibility index (Phi) is 21.2. The van der Waals surface area contributed by atoms with Gasteiger partial charge in [-0.2, -0.15) is 15.0 Å². The number of carbonyl (C=O) groups excluding carboxylic acids is 3. The van der Waals surface area contributed by atoms with Gasteiger partial charge < -0.3 is 30.2 Å². The Morgan fingerprint density at radius 1 is 0.467 bits per heavy atom. The summed E-state index contributed by atoms with van der Waals surface area (Å²) in [4.78, 5) is 48.0. The standard InChI is InChI=1S/C33H54N6O6/c1-25(2)28(40)43-22-16-10-7-13-19-34-31-37-32(35-20-14-8-11-17-23-44-29(41)26(3)4)39-33(38-31)36-21-15-9-12-18-24-45-30(42)27(5)6/h1,3,5,7-24H2,2,4,6H3,(H3,34,35,36,37,38,39). The smallest absolute Gasteiger partial charge is 0.333 e. The first-order chi connectivity index (χ1) is 21.6. The van der Waals surface area contributed by atoms with Crippen molar-refractivity contribution in [3.63, 3.8) is 0 Å². The highest BCUT2D eigenvalue weighted by Gasteiger charge is 2.08. The van der Waals surface area contributed by atoms with E-state index in [1.54, 1.807) is 20.8 Å². The van der Waals surface area contributed by atoms with Crippen molar-refractivity contribution in [1.29, 1.82) is 0 Å². The fourth-order valence-corrected chi connectivity index (χ4v) is 3.82. The number of ether oxygens (including phenoxy) is 3. The van der Waals surface area contributed by atoms with Gasteiger partial charge in [0.15, 0.2) is 0 Å². The van der Waals surface area contributed by atoms with Crippen molar-refractivity contribution in [2.45, 2.75) is 97.8 Å². The second-order valence-electron chi connectivity index (χ2n) is 11.1. The zero-order chi connectivity index (χ0) is 33.3. The molecule has 3 N–H and O–H groups in total. The van der Waals surface area contributed by atoms with Gasteiger partial charge in [0, 0.05) is 36.4 Å². The van der Waals surface area contributed by atoms with Crippen molar-refractivity contribution in [3.05, 3.63) is 36.5 Å². The van der Waals surface area contributed by atoms with E-state index < -0.39 is 0 Å². The van der Waals surface area contributed by atoms with Gasteiger partial charge in [0.2, 0.25) is 17.8 Å². The van der Waals surface area contributed by atoms with Crippen LogP contribution in [0.1, 0.15) is 97.8 Å². The second-order valence-corrected chi connectivity index (χ2v) is 11.1. The van der Waals surface area contributed by atoms with Crippen LogP contribution < -0.4 is 16.0 Å². The minimum Gasteiger partial charge on any atom is -0.462 e. The van der Waals surface area contributed by atoms with Crippen LogP contribution in [-0.2, 0) is 28.6 Å². The van der Waals surface area contributed by atoms with Crippen molar-refractivity contribution in [2.75, 3.05) is 55.4 Å². The lowest BCUT2D eigenvalue weighted by atomic mass is 10.2. The molecule has 0 radical (unpaired) electrons. The van der Waals surface area contributed by atoms with Crippen molar-refractivity contribution >= 4 is 35.8 Å². The van der Waals surface area contributed by atoms with E-state index in [2.05, 4.69) is 50.6 Å². The van der Waals surface area contributed by atoms with Crippen molar-refractivity contribution in [1.82, 2.24) is 15.0 Å². The van der Waals surface area contributed by atoms with E-state index in [4.69, 9.17) is 14.2 Å². The maximum atomic E-state index is 11.4. The number of carbonyl (C=O) groups is 3. The molecule has 0 aliphatic heterocycles. The van der Waals surface area contributed by atoms with Gasteiger partial charge in [-0.05, 0) is 78.6 Å². The van der Waals surface area contributed by atoms with E-state index >= 15 is 0 Å². The molecule has 0 spiro atoms. The summed E-state index contributed by atoms with van der Waals surface area (Å²) in [5.41, 5.74) is 1.24. The van der Waals surface area contributed by atoms with E-state index in [0.29, 0.717) is 74.0 Å². The van der Waals surface area contributed by atoms with Crippen LogP contribution in [0.4, 0.5) is 17.8 Å². The average Bonchev–Trinajstić information content (AvgIpc) is 3.00. The molecule has 0 aliphatic rings. The van der Waals surface area contributed by atoms with Gasteiger partial charge in [0.25, 0.3) is 0 Å². The van der Waals surface area contributed by atoms with Gasteiger partial charge in [-0.15, -0.1) is 0 Å². The fraction of sp³-hybridized carbons (Fsp3) is 0.636. The van der Waals surface area contributed by atoms with Crippen LogP contribution >= 0.6 is 0 Å². The maximum absolute atomic E-state index is 11.4. The van der Waals surface area contributed by atoms with Gasteiger partial charge in [0.1, 0.15) is 0 Å². The molecule has 12 heteroatoms. The molecular weight excluding hydrogens is 576 g/mol. The predicted octanol–water partition coefficient (Wildman–Crippen LogP) is 6.15. The van der Waals surface area contributed by atoms with Crippen LogP contribution in [-0.4, -0.2) is 72.3 Å². The van der Waals surface area contributed by atoms with Gasteiger partial charge in [-0.25, -0.2) is 14.4 Å². The summed E-state index contributed by atoms with van der Waals surface area (Å²) in [7, 11) is 0. The van der Waals surface area contributed by atoms with Crippen LogP contribution in [0.25, 0.3) is 0 Å². The number of unbranched alkanes of at least 4 members (excludes halogenated alkanes) is 9. The van der Waals surface area contributed by atoms with Crippen molar-refractivity contribution in [3.8, 4) is 0 Å². The van der Waals surface area contributed by atoms with E-state index in [1.165, 1.54) is 0 Å². The zero-order valence-electron chi connectivity index (χ0n) is 27.6. The number of anilines is 3.